The van der Waals surface area contributed by atoms with Gasteiger partial charge in [0.2, 0.25) is 0 Å². The molecule has 4 rings (SSSR count). The average molecular weight is 589 g/mol. The minimum absolute atomic E-state index is 0.0575. The molecule has 4 aromatic rings. The van der Waals surface area contributed by atoms with Crippen LogP contribution in [0.2, 0.25) is 5.02 Å². The summed E-state index contributed by atoms with van der Waals surface area (Å²) in [5.41, 5.74) is 6.81. The zero-order chi connectivity index (χ0) is 29.4. The van der Waals surface area contributed by atoms with Crippen LogP contribution < -0.4 is 14.6 Å². The fourth-order valence-corrected chi connectivity index (χ4v) is 6.10. The lowest BCUT2D eigenvalue weighted by Gasteiger charge is -2.26. The Balaban J connectivity index is 1.49. The van der Waals surface area contributed by atoms with Crippen LogP contribution in [0.5, 0.6) is 0 Å². The lowest BCUT2D eigenvalue weighted by Crippen LogP contribution is -2.31. The van der Waals surface area contributed by atoms with Crippen LogP contribution in [0.25, 0.3) is 0 Å². The third kappa shape index (κ3) is 7.14. The lowest BCUT2D eigenvalue weighted by molar-refractivity contribution is 0.0955. The highest BCUT2D eigenvalue weighted by Crippen LogP contribution is 2.32. The second-order valence-corrected chi connectivity index (χ2v) is 11.6. The van der Waals surface area contributed by atoms with E-state index in [0.29, 0.717) is 27.4 Å². The molecule has 0 unspecified atom stereocenters. The van der Waals surface area contributed by atoms with Crippen LogP contribution in [0.1, 0.15) is 40.9 Å². The fourth-order valence-electron chi connectivity index (χ4n) is 4.40. The molecule has 0 bridgehead atoms. The van der Waals surface area contributed by atoms with E-state index in [4.69, 9.17) is 11.6 Å². The first-order valence-electron chi connectivity index (χ1n) is 13.3. The number of hydrogen-bond donors (Lipinski definition) is 1. The zero-order valence-electron chi connectivity index (χ0n) is 23.3. The van der Waals surface area contributed by atoms with Crippen LogP contribution in [0.15, 0.2) is 107 Å². The van der Waals surface area contributed by atoms with Crippen molar-refractivity contribution in [3.8, 4) is 0 Å². The summed E-state index contributed by atoms with van der Waals surface area (Å²) < 4.78 is 28.7. The number of rotatable bonds is 11. The van der Waals surface area contributed by atoms with E-state index in [2.05, 4.69) is 29.3 Å². The fraction of sp³-hybridized carbons (Fsp3) is 0.188. The van der Waals surface area contributed by atoms with Gasteiger partial charge in [-0.15, -0.1) is 0 Å². The van der Waals surface area contributed by atoms with Gasteiger partial charge in [0.25, 0.3) is 15.9 Å². The first-order chi connectivity index (χ1) is 19.7. The zero-order valence-corrected chi connectivity index (χ0v) is 24.9. The van der Waals surface area contributed by atoms with E-state index in [1.54, 1.807) is 85.9 Å². The Morgan fingerprint density at radius 1 is 0.878 bits per heavy atom. The number of hydrogen-bond acceptors (Lipinski definition) is 5. The molecular weight excluding hydrogens is 556 g/mol. The molecule has 7 nitrogen and oxygen atoms in total. The Bertz CT molecular complexity index is 1600. The standard InChI is InChI=1S/C32H33ClN4O3S/c1-4-36(5-2)28-20-16-25(17-21-28)22-34-35-32(38)27-18-14-26(15-19-27)23-37(31-13-9-12-30(33)24(31)3)41(39,40)29-10-7-6-8-11-29/h6-22H,4-5,23H2,1-3H3,(H,35,38)/b34-22-. The van der Waals surface area contributed by atoms with Gasteiger partial charge in [-0.3, -0.25) is 9.10 Å². The molecule has 0 aliphatic heterocycles. The van der Waals surface area contributed by atoms with Gasteiger partial charge in [-0.05, 0) is 86.0 Å². The Labute approximate surface area is 247 Å². The van der Waals surface area contributed by atoms with Crippen LogP contribution in [-0.4, -0.2) is 33.6 Å². The van der Waals surface area contributed by atoms with Crippen molar-refractivity contribution >= 4 is 45.1 Å². The van der Waals surface area contributed by atoms with E-state index < -0.39 is 10.0 Å². The molecule has 41 heavy (non-hydrogen) atoms. The third-order valence-electron chi connectivity index (χ3n) is 6.78. The molecule has 0 atom stereocenters. The summed E-state index contributed by atoms with van der Waals surface area (Å²) in [7, 11) is -3.89. The van der Waals surface area contributed by atoms with Crippen LogP contribution in [0.3, 0.4) is 0 Å². The molecule has 9 heteroatoms. The summed E-state index contributed by atoms with van der Waals surface area (Å²) in [6.07, 6.45) is 1.60. The SMILES string of the molecule is CCN(CC)c1ccc(/C=N\NC(=O)c2ccc(CN(c3cccc(Cl)c3C)S(=O)(=O)c3ccccc3)cc2)cc1. The average Bonchev–Trinajstić information content (AvgIpc) is 2.99. The van der Waals surface area contributed by atoms with Gasteiger partial charge in [0.15, 0.2) is 0 Å². The number of hydrazone groups is 1. The molecular formula is C32H33ClN4O3S. The quantitative estimate of drug-likeness (QED) is 0.157. The van der Waals surface area contributed by atoms with Gasteiger partial charge >= 0.3 is 0 Å². The summed E-state index contributed by atoms with van der Waals surface area (Å²) in [6.45, 7) is 7.94. The molecule has 0 aromatic heterocycles. The van der Waals surface area contributed by atoms with Crippen molar-refractivity contribution < 1.29 is 13.2 Å². The molecule has 0 aliphatic rings. The van der Waals surface area contributed by atoms with Gasteiger partial charge in [-0.25, -0.2) is 13.8 Å². The van der Waals surface area contributed by atoms with Crippen LogP contribution >= 0.6 is 11.6 Å². The molecule has 0 saturated heterocycles. The van der Waals surface area contributed by atoms with E-state index in [1.807, 2.05) is 24.3 Å². The maximum absolute atomic E-state index is 13.7. The van der Waals surface area contributed by atoms with Crippen LogP contribution in [-0.2, 0) is 16.6 Å². The van der Waals surface area contributed by atoms with E-state index in [0.717, 1.165) is 24.3 Å². The first-order valence-corrected chi connectivity index (χ1v) is 15.2. The van der Waals surface area contributed by atoms with Crippen molar-refractivity contribution in [3.05, 3.63) is 124 Å². The van der Waals surface area contributed by atoms with E-state index in [9.17, 15) is 13.2 Å². The minimum atomic E-state index is -3.89. The molecule has 0 saturated carbocycles. The van der Waals surface area contributed by atoms with Crippen molar-refractivity contribution in [3.63, 3.8) is 0 Å². The summed E-state index contributed by atoms with van der Waals surface area (Å²) in [5.74, 6) is -0.369. The van der Waals surface area contributed by atoms with Crippen LogP contribution in [0.4, 0.5) is 11.4 Å². The summed E-state index contributed by atoms with van der Waals surface area (Å²) in [5, 5.41) is 4.56. The Kier molecular flexibility index (Phi) is 9.81. The maximum Gasteiger partial charge on any atom is 0.271 e. The number of benzene rings is 4. The Morgan fingerprint density at radius 2 is 1.54 bits per heavy atom. The number of amides is 1. The van der Waals surface area contributed by atoms with Gasteiger partial charge < -0.3 is 4.90 Å². The normalized spacial score (nSPS) is 11.4. The van der Waals surface area contributed by atoms with E-state index in [-0.39, 0.29) is 17.3 Å². The predicted octanol–water partition coefficient (Wildman–Crippen LogP) is 6.65. The molecule has 4 aromatic carbocycles. The topological polar surface area (TPSA) is 82.1 Å². The van der Waals surface area contributed by atoms with E-state index in [1.165, 1.54) is 4.31 Å². The molecule has 0 heterocycles. The second kappa shape index (κ2) is 13.5. The summed E-state index contributed by atoms with van der Waals surface area (Å²) in [6, 6.07) is 28.2. The molecule has 212 valence electrons. The Morgan fingerprint density at radius 3 is 2.17 bits per heavy atom. The molecule has 0 fully saturated rings. The number of halogens is 1. The van der Waals surface area contributed by atoms with Crippen molar-refractivity contribution in [1.29, 1.82) is 0 Å². The number of nitrogens with zero attached hydrogens (tertiary/aromatic N) is 3. The largest absolute Gasteiger partial charge is 0.372 e. The smallest absolute Gasteiger partial charge is 0.271 e. The van der Waals surface area contributed by atoms with Crippen LogP contribution in [0, 0.1) is 6.92 Å². The Hall–Kier alpha value is -4.14. The van der Waals surface area contributed by atoms with Crippen molar-refractivity contribution in [2.45, 2.75) is 32.2 Å². The summed E-state index contributed by atoms with van der Waals surface area (Å²) >= 11 is 6.35. The maximum atomic E-state index is 13.7. The van der Waals surface area contributed by atoms with Crippen molar-refractivity contribution in [2.75, 3.05) is 22.3 Å². The highest BCUT2D eigenvalue weighted by atomic mass is 35.5. The number of sulfonamides is 1. The van der Waals surface area contributed by atoms with Gasteiger partial charge in [-0.1, -0.05) is 60.1 Å². The highest BCUT2D eigenvalue weighted by molar-refractivity contribution is 7.92. The van der Waals surface area contributed by atoms with Gasteiger partial charge in [-0.2, -0.15) is 5.10 Å². The lowest BCUT2D eigenvalue weighted by atomic mass is 10.1. The number of carbonyl (C=O) groups is 1. The monoisotopic (exact) mass is 588 g/mol. The second-order valence-electron chi connectivity index (χ2n) is 9.37. The van der Waals surface area contributed by atoms with Crippen molar-refractivity contribution in [1.82, 2.24) is 5.43 Å². The van der Waals surface area contributed by atoms with Gasteiger partial charge in [0.05, 0.1) is 23.3 Å². The minimum Gasteiger partial charge on any atom is -0.372 e. The number of anilines is 2. The molecule has 0 radical (unpaired) electrons. The molecule has 0 spiro atoms. The van der Waals surface area contributed by atoms with Crippen molar-refractivity contribution in [2.24, 2.45) is 5.10 Å². The first kappa shape index (κ1) is 29.8. The van der Waals surface area contributed by atoms with Gasteiger partial charge in [0.1, 0.15) is 0 Å². The molecule has 1 amide bonds. The van der Waals surface area contributed by atoms with E-state index >= 15 is 0 Å². The number of nitrogens with one attached hydrogen (secondary N) is 1. The molecule has 0 aliphatic carbocycles. The predicted molar refractivity (Wildman–Crippen MR) is 168 cm³/mol. The summed E-state index contributed by atoms with van der Waals surface area (Å²) in [4.78, 5) is 15.1. The molecule has 1 N–H and O–H groups in total. The van der Waals surface area contributed by atoms with Gasteiger partial charge in [0, 0.05) is 29.4 Å². The highest BCUT2D eigenvalue weighted by Gasteiger charge is 2.27. The third-order valence-corrected chi connectivity index (χ3v) is 8.97. The number of carbonyl (C=O) groups excluding carboxylic acids is 1.